The number of amides is 1. The van der Waals surface area contributed by atoms with Crippen LogP contribution in [0, 0.1) is 3.57 Å². The number of benzene rings is 1. The van der Waals surface area contributed by atoms with E-state index in [1.165, 1.54) is 11.3 Å². The Morgan fingerprint density at radius 2 is 2.11 bits per heavy atom. The van der Waals surface area contributed by atoms with Gasteiger partial charge in [-0.15, -0.1) is 11.3 Å². The molecule has 100 valence electrons. The van der Waals surface area contributed by atoms with E-state index in [4.69, 9.17) is 0 Å². The van der Waals surface area contributed by atoms with Gasteiger partial charge in [0.2, 0.25) is 0 Å². The van der Waals surface area contributed by atoms with E-state index in [9.17, 15) is 9.90 Å². The molecule has 0 saturated heterocycles. The summed E-state index contributed by atoms with van der Waals surface area (Å²) in [5.41, 5.74) is 0.675. The number of hydrogen-bond donors (Lipinski definition) is 2. The van der Waals surface area contributed by atoms with Crippen LogP contribution in [-0.4, -0.2) is 17.6 Å². The van der Waals surface area contributed by atoms with E-state index in [2.05, 4.69) is 27.9 Å². The topological polar surface area (TPSA) is 49.3 Å². The molecule has 1 atom stereocenters. The molecule has 3 nitrogen and oxygen atoms in total. The van der Waals surface area contributed by atoms with Gasteiger partial charge >= 0.3 is 0 Å². The van der Waals surface area contributed by atoms with Crippen molar-refractivity contribution >= 4 is 39.8 Å². The van der Waals surface area contributed by atoms with Crippen LogP contribution in [0.4, 0.5) is 0 Å². The maximum Gasteiger partial charge on any atom is 0.252 e. The van der Waals surface area contributed by atoms with Gasteiger partial charge in [0.1, 0.15) is 0 Å². The van der Waals surface area contributed by atoms with Crippen LogP contribution in [0.1, 0.15) is 27.8 Å². The Morgan fingerprint density at radius 1 is 1.32 bits per heavy atom. The van der Waals surface area contributed by atoms with Crippen molar-refractivity contribution in [1.29, 1.82) is 0 Å². The number of carbonyl (C=O) groups is 1. The fourth-order valence-electron chi connectivity index (χ4n) is 1.69. The summed E-state index contributed by atoms with van der Waals surface area (Å²) in [4.78, 5) is 12.9. The first-order chi connectivity index (χ1) is 9.18. The Labute approximate surface area is 129 Å². The van der Waals surface area contributed by atoms with Crippen LogP contribution in [0.15, 0.2) is 41.8 Å². The van der Waals surface area contributed by atoms with Crippen LogP contribution < -0.4 is 5.32 Å². The van der Waals surface area contributed by atoms with E-state index in [1.807, 2.05) is 35.7 Å². The van der Waals surface area contributed by atoms with Crippen molar-refractivity contribution in [1.82, 2.24) is 5.32 Å². The largest absolute Gasteiger partial charge is 0.388 e. The molecule has 2 N–H and O–H groups in total. The van der Waals surface area contributed by atoms with Crippen LogP contribution in [-0.2, 0) is 0 Å². The molecule has 0 aliphatic carbocycles. The fraction of sp³-hybridized carbons (Fsp3) is 0.214. The zero-order chi connectivity index (χ0) is 13.7. The molecular weight excluding hydrogens is 373 g/mol. The summed E-state index contributed by atoms with van der Waals surface area (Å²) >= 11 is 3.67. The number of halogens is 1. The van der Waals surface area contributed by atoms with Crippen molar-refractivity contribution in [3.63, 3.8) is 0 Å². The Balaban J connectivity index is 1.83. The van der Waals surface area contributed by atoms with E-state index in [1.54, 1.807) is 6.07 Å². The van der Waals surface area contributed by atoms with Gasteiger partial charge in [-0.05, 0) is 52.6 Å². The van der Waals surface area contributed by atoms with Gasteiger partial charge in [0.05, 0.1) is 11.7 Å². The summed E-state index contributed by atoms with van der Waals surface area (Å²) in [7, 11) is 0. The summed E-state index contributed by atoms with van der Waals surface area (Å²) in [5, 5.41) is 14.7. The van der Waals surface area contributed by atoms with Gasteiger partial charge < -0.3 is 10.4 Å². The van der Waals surface area contributed by atoms with Crippen LogP contribution in [0.25, 0.3) is 0 Å². The second-order valence-corrected chi connectivity index (χ2v) is 6.20. The van der Waals surface area contributed by atoms with Crippen LogP contribution >= 0.6 is 33.9 Å². The van der Waals surface area contributed by atoms with Gasteiger partial charge in [-0.25, -0.2) is 0 Å². The lowest BCUT2D eigenvalue weighted by Gasteiger charge is -2.10. The first-order valence-electron chi connectivity index (χ1n) is 5.92. The molecule has 1 unspecified atom stereocenters. The molecule has 0 aliphatic rings. The zero-order valence-corrected chi connectivity index (χ0v) is 13.1. The van der Waals surface area contributed by atoms with Crippen molar-refractivity contribution < 1.29 is 9.90 Å². The van der Waals surface area contributed by atoms with Crippen molar-refractivity contribution in [2.45, 2.75) is 12.5 Å². The van der Waals surface area contributed by atoms with E-state index < -0.39 is 6.10 Å². The molecule has 0 radical (unpaired) electrons. The Hall–Kier alpha value is -0.920. The van der Waals surface area contributed by atoms with Crippen molar-refractivity contribution in [3.8, 4) is 0 Å². The molecule has 2 aromatic rings. The number of nitrogens with one attached hydrogen (secondary N) is 1. The van der Waals surface area contributed by atoms with Crippen LogP contribution in [0.2, 0.25) is 0 Å². The quantitative estimate of drug-likeness (QED) is 0.775. The van der Waals surface area contributed by atoms with Gasteiger partial charge in [0, 0.05) is 15.0 Å². The lowest BCUT2D eigenvalue weighted by atomic mass is 10.2. The average Bonchev–Trinajstić information content (AvgIpc) is 2.93. The van der Waals surface area contributed by atoms with Crippen molar-refractivity contribution in [2.75, 3.05) is 6.54 Å². The average molecular weight is 387 g/mol. The predicted octanol–water partition coefficient (Wildman–Crippen LogP) is 3.21. The van der Waals surface area contributed by atoms with Crippen LogP contribution in [0.3, 0.4) is 0 Å². The molecule has 5 heteroatoms. The third-order valence-corrected chi connectivity index (χ3v) is 4.61. The molecule has 0 saturated carbocycles. The minimum absolute atomic E-state index is 0.0941. The zero-order valence-electron chi connectivity index (χ0n) is 10.2. The maximum atomic E-state index is 11.9. The maximum absolute atomic E-state index is 11.9. The molecule has 19 heavy (non-hydrogen) atoms. The number of aliphatic hydroxyl groups excluding tert-OH is 1. The molecule has 1 heterocycles. The number of aliphatic hydroxyl groups is 1. The first kappa shape index (κ1) is 14.5. The summed E-state index contributed by atoms with van der Waals surface area (Å²) in [5.74, 6) is -0.0941. The third-order valence-electron chi connectivity index (χ3n) is 2.69. The second kappa shape index (κ2) is 7.02. The normalized spacial score (nSPS) is 12.1. The fourth-order valence-corrected chi connectivity index (χ4v) is 3.06. The van der Waals surface area contributed by atoms with Crippen molar-refractivity contribution in [2.24, 2.45) is 0 Å². The van der Waals surface area contributed by atoms with E-state index in [-0.39, 0.29) is 5.91 Å². The van der Waals surface area contributed by atoms with Gasteiger partial charge in [-0.2, -0.15) is 0 Å². The standard InChI is InChI=1S/C14H14INO2S/c15-11-5-2-1-4-10(11)14(18)16-8-7-12(17)13-6-3-9-19-13/h1-6,9,12,17H,7-8H2,(H,16,18). The number of rotatable bonds is 5. The van der Waals surface area contributed by atoms with E-state index in [0.29, 0.717) is 18.5 Å². The number of thiophene rings is 1. The molecule has 2 rings (SSSR count). The highest BCUT2D eigenvalue weighted by molar-refractivity contribution is 14.1. The highest BCUT2D eigenvalue weighted by Crippen LogP contribution is 2.21. The van der Waals surface area contributed by atoms with E-state index >= 15 is 0 Å². The lowest BCUT2D eigenvalue weighted by Crippen LogP contribution is -2.26. The molecule has 0 bridgehead atoms. The lowest BCUT2D eigenvalue weighted by molar-refractivity contribution is 0.0942. The molecule has 1 amide bonds. The van der Waals surface area contributed by atoms with Crippen LogP contribution in [0.5, 0.6) is 0 Å². The van der Waals surface area contributed by atoms with Gasteiger partial charge in [0.25, 0.3) is 5.91 Å². The first-order valence-corrected chi connectivity index (χ1v) is 7.88. The smallest absolute Gasteiger partial charge is 0.252 e. The SMILES string of the molecule is O=C(NCCC(O)c1cccs1)c1ccccc1I. The minimum Gasteiger partial charge on any atom is -0.388 e. The summed E-state index contributed by atoms with van der Waals surface area (Å²) in [6.45, 7) is 0.461. The molecule has 0 fully saturated rings. The minimum atomic E-state index is -0.504. The highest BCUT2D eigenvalue weighted by Gasteiger charge is 2.11. The molecule has 0 spiro atoms. The Kier molecular flexibility index (Phi) is 5.35. The summed E-state index contributed by atoms with van der Waals surface area (Å²) in [6.07, 6.45) is 0.0190. The monoisotopic (exact) mass is 387 g/mol. The number of hydrogen-bond acceptors (Lipinski definition) is 3. The van der Waals surface area contributed by atoms with E-state index in [0.717, 1.165) is 8.45 Å². The third kappa shape index (κ3) is 4.02. The second-order valence-electron chi connectivity index (χ2n) is 4.06. The summed E-state index contributed by atoms with van der Waals surface area (Å²) in [6, 6.07) is 11.3. The molecule has 0 aliphatic heterocycles. The highest BCUT2D eigenvalue weighted by atomic mass is 127. The predicted molar refractivity (Wildman–Crippen MR) is 85.4 cm³/mol. The molecule has 1 aromatic heterocycles. The van der Waals surface area contributed by atoms with Gasteiger partial charge in [-0.3, -0.25) is 4.79 Å². The Morgan fingerprint density at radius 3 is 2.79 bits per heavy atom. The molecule has 1 aromatic carbocycles. The number of carbonyl (C=O) groups excluding carboxylic acids is 1. The summed E-state index contributed by atoms with van der Waals surface area (Å²) < 4.78 is 0.927. The van der Waals surface area contributed by atoms with Gasteiger partial charge in [0.15, 0.2) is 0 Å². The molecular formula is C14H14INO2S. The Bertz CT molecular complexity index is 542. The van der Waals surface area contributed by atoms with Gasteiger partial charge in [-0.1, -0.05) is 18.2 Å². The van der Waals surface area contributed by atoms with Crippen molar-refractivity contribution in [3.05, 3.63) is 55.8 Å².